The van der Waals surface area contributed by atoms with Crippen LogP contribution in [0.5, 0.6) is 0 Å². The third-order valence-electron chi connectivity index (χ3n) is 2.97. The maximum atomic E-state index is 12.7. The lowest BCUT2D eigenvalue weighted by Crippen LogP contribution is -2.16. The molecule has 0 heterocycles. The molecule has 0 aliphatic carbocycles. The average molecular weight is 379 g/mol. The Hall–Kier alpha value is -2.26. The SMILES string of the molecule is NC(=O)c1cccc(S(=O)(=O)Nc2cc(C(F)(F)F)ccc2Cl)c1. The maximum Gasteiger partial charge on any atom is 0.416 e. The van der Waals surface area contributed by atoms with E-state index in [1.165, 1.54) is 12.1 Å². The number of sulfonamides is 1. The highest BCUT2D eigenvalue weighted by molar-refractivity contribution is 7.92. The molecule has 0 unspecified atom stereocenters. The Labute approximate surface area is 140 Å². The zero-order valence-electron chi connectivity index (χ0n) is 11.8. The van der Waals surface area contributed by atoms with Crippen LogP contribution in [0.15, 0.2) is 47.4 Å². The van der Waals surface area contributed by atoms with Gasteiger partial charge in [0.1, 0.15) is 0 Å². The summed E-state index contributed by atoms with van der Waals surface area (Å²) in [6.07, 6.45) is -4.66. The lowest BCUT2D eigenvalue weighted by Gasteiger charge is -2.13. The molecule has 2 aromatic rings. The van der Waals surface area contributed by atoms with Gasteiger partial charge >= 0.3 is 6.18 Å². The van der Waals surface area contributed by atoms with E-state index in [1.807, 2.05) is 4.72 Å². The van der Waals surface area contributed by atoms with Crippen LogP contribution in [0.3, 0.4) is 0 Å². The van der Waals surface area contributed by atoms with Gasteiger partial charge in [0, 0.05) is 5.56 Å². The second kappa shape index (κ2) is 6.33. The van der Waals surface area contributed by atoms with Crippen LogP contribution >= 0.6 is 11.6 Å². The molecule has 5 nitrogen and oxygen atoms in total. The molecule has 0 atom stereocenters. The quantitative estimate of drug-likeness (QED) is 0.855. The van der Waals surface area contributed by atoms with Crippen LogP contribution in [0.1, 0.15) is 15.9 Å². The van der Waals surface area contributed by atoms with Crippen molar-refractivity contribution in [3.05, 3.63) is 58.6 Å². The molecule has 0 radical (unpaired) electrons. The zero-order chi connectivity index (χ0) is 18.1. The molecule has 0 spiro atoms. The molecule has 0 aromatic heterocycles. The van der Waals surface area contributed by atoms with Gasteiger partial charge in [0.2, 0.25) is 5.91 Å². The van der Waals surface area contributed by atoms with Crippen molar-refractivity contribution in [2.75, 3.05) is 4.72 Å². The molecule has 3 N–H and O–H groups in total. The van der Waals surface area contributed by atoms with Gasteiger partial charge in [-0.05, 0) is 36.4 Å². The Morgan fingerprint density at radius 2 is 1.79 bits per heavy atom. The van der Waals surface area contributed by atoms with Gasteiger partial charge in [-0.2, -0.15) is 13.2 Å². The van der Waals surface area contributed by atoms with Crippen molar-refractivity contribution in [3.63, 3.8) is 0 Å². The number of nitrogens with one attached hydrogen (secondary N) is 1. The van der Waals surface area contributed by atoms with Crippen molar-refractivity contribution in [2.24, 2.45) is 5.73 Å². The number of primary amides is 1. The van der Waals surface area contributed by atoms with E-state index in [9.17, 15) is 26.4 Å². The summed E-state index contributed by atoms with van der Waals surface area (Å²) in [5.41, 5.74) is 3.51. The van der Waals surface area contributed by atoms with Crippen LogP contribution in [0.2, 0.25) is 5.02 Å². The van der Waals surface area contributed by atoms with E-state index in [2.05, 4.69) is 0 Å². The first-order valence-corrected chi connectivity index (χ1v) is 8.16. The highest BCUT2D eigenvalue weighted by Crippen LogP contribution is 2.34. The zero-order valence-corrected chi connectivity index (χ0v) is 13.3. The van der Waals surface area contributed by atoms with Crippen molar-refractivity contribution in [1.29, 1.82) is 0 Å². The number of benzene rings is 2. The second-order valence-electron chi connectivity index (χ2n) is 4.69. The molecule has 0 bridgehead atoms. The standard InChI is InChI=1S/C14H10ClF3N2O3S/c15-11-5-4-9(14(16,17)18)7-12(11)20-24(22,23)10-3-1-2-8(6-10)13(19)21/h1-7,20H,(H2,19,21). The van der Waals surface area contributed by atoms with Gasteiger partial charge in [-0.1, -0.05) is 17.7 Å². The Balaban J connectivity index is 2.43. The van der Waals surface area contributed by atoms with Gasteiger partial charge in [0.05, 0.1) is 21.2 Å². The van der Waals surface area contributed by atoms with Gasteiger partial charge in [-0.25, -0.2) is 8.42 Å². The van der Waals surface area contributed by atoms with Crippen molar-refractivity contribution < 1.29 is 26.4 Å². The minimum Gasteiger partial charge on any atom is -0.366 e. The number of nitrogens with two attached hydrogens (primary N) is 1. The fraction of sp³-hybridized carbons (Fsp3) is 0.0714. The van der Waals surface area contributed by atoms with Crippen LogP contribution in [0.4, 0.5) is 18.9 Å². The van der Waals surface area contributed by atoms with E-state index < -0.39 is 33.4 Å². The number of hydrogen-bond acceptors (Lipinski definition) is 3. The molecule has 128 valence electrons. The highest BCUT2D eigenvalue weighted by atomic mass is 35.5. The average Bonchev–Trinajstić information content (AvgIpc) is 2.48. The first kappa shape index (κ1) is 18.1. The monoisotopic (exact) mass is 378 g/mol. The molecule has 1 amide bonds. The molecular formula is C14H10ClF3N2O3S. The number of hydrogen-bond donors (Lipinski definition) is 2. The molecule has 0 saturated carbocycles. The van der Waals surface area contributed by atoms with E-state index in [0.29, 0.717) is 6.07 Å². The Morgan fingerprint density at radius 1 is 1.12 bits per heavy atom. The summed E-state index contributed by atoms with van der Waals surface area (Å²) in [6.45, 7) is 0. The largest absolute Gasteiger partial charge is 0.416 e. The smallest absolute Gasteiger partial charge is 0.366 e. The van der Waals surface area contributed by atoms with Crippen molar-refractivity contribution >= 4 is 33.2 Å². The third-order valence-corrected chi connectivity index (χ3v) is 4.66. The molecule has 0 aliphatic heterocycles. The van der Waals surface area contributed by atoms with E-state index >= 15 is 0 Å². The van der Waals surface area contributed by atoms with Crippen molar-refractivity contribution in [1.82, 2.24) is 0 Å². The van der Waals surface area contributed by atoms with Gasteiger partial charge in [-0.15, -0.1) is 0 Å². The number of carbonyl (C=O) groups is 1. The van der Waals surface area contributed by atoms with Crippen LogP contribution in [0, 0.1) is 0 Å². The predicted molar refractivity (Wildman–Crippen MR) is 82.2 cm³/mol. The number of rotatable bonds is 4. The predicted octanol–water partition coefficient (Wildman–Crippen LogP) is 3.26. The fourth-order valence-corrected chi connectivity index (χ4v) is 3.14. The Bertz CT molecular complexity index is 898. The van der Waals surface area contributed by atoms with Crippen molar-refractivity contribution in [3.8, 4) is 0 Å². The van der Waals surface area contributed by atoms with E-state index in [0.717, 1.165) is 24.3 Å². The fourth-order valence-electron chi connectivity index (χ4n) is 1.80. The molecule has 10 heteroatoms. The summed E-state index contributed by atoms with van der Waals surface area (Å²) in [6, 6.07) is 7.00. The molecule has 2 aromatic carbocycles. The summed E-state index contributed by atoms with van der Waals surface area (Å²) in [4.78, 5) is 10.8. The third kappa shape index (κ3) is 3.98. The van der Waals surface area contributed by atoms with E-state index in [4.69, 9.17) is 17.3 Å². The summed E-state index contributed by atoms with van der Waals surface area (Å²) in [5, 5.41) is -0.211. The van der Waals surface area contributed by atoms with Crippen LogP contribution < -0.4 is 10.5 Å². The van der Waals surface area contributed by atoms with Crippen LogP contribution in [0.25, 0.3) is 0 Å². The minimum atomic E-state index is -4.66. The normalized spacial score (nSPS) is 12.0. The number of anilines is 1. The number of halogens is 4. The Morgan fingerprint density at radius 3 is 2.38 bits per heavy atom. The van der Waals surface area contributed by atoms with Gasteiger partial charge in [0.15, 0.2) is 0 Å². The summed E-state index contributed by atoms with van der Waals surface area (Å²) in [7, 11) is -4.26. The molecule has 0 aliphatic rings. The Kier molecular flexibility index (Phi) is 4.77. The molecular weight excluding hydrogens is 369 g/mol. The number of amides is 1. The van der Waals surface area contributed by atoms with Crippen molar-refractivity contribution in [2.45, 2.75) is 11.1 Å². The van der Waals surface area contributed by atoms with Gasteiger partial charge in [-0.3, -0.25) is 9.52 Å². The minimum absolute atomic E-state index is 0.0620. The topological polar surface area (TPSA) is 89.3 Å². The van der Waals surface area contributed by atoms with E-state index in [-0.39, 0.29) is 15.5 Å². The lowest BCUT2D eigenvalue weighted by atomic mass is 10.2. The summed E-state index contributed by atoms with van der Waals surface area (Å²) >= 11 is 5.75. The molecule has 2 rings (SSSR count). The highest BCUT2D eigenvalue weighted by Gasteiger charge is 2.31. The van der Waals surface area contributed by atoms with Gasteiger partial charge < -0.3 is 5.73 Å². The van der Waals surface area contributed by atoms with Crippen LogP contribution in [-0.2, 0) is 16.2 Å². The maximum absolute atomic E-state index is 12.7. The van der Waals surface area contributed by atoms with E-state index in [1.54, 1.807) is 0 Å². The first-order valence-electron chi connectivity index (χ1n) is 6.30. The summed E-state index contributed by atoms with van der Waals surface area (Å²) < 4.78 is 64.7. The molecule has 0 fully saturated rings. The number of alkyl halides is 3. The molecule has 24 heavy (non-hydrogen) atoms. The first-order chi connectivity index (χ1) is 11.0. The van der Waals surface area contributed by atoms with Crippen LogP contribution in [-0.4, -0.2) is 14.3 Å². The molecule has 0 saturated heterocycles. The summed E-state index contributed by atoms with van der Waals surface area (Å²) in [5.74, 6) is -0.843. The number of carbonyl (C=O) groups excluding carboxylic acids is 1. The van der Waals surface area contributed by atoms with Gasteiger partial charge in [0.25, 0.3) is 10.0 Å². The second-order valence-corrected chi connectivity index (χ2v) is 6.78. The lowest BCUT2D eigenvalue weighted by molar-refractivity contribution is -0.137.